The molecule has 0 aliphatic carbocycles. The van der Waals surface area contributed by atoms with E-state index in [9.17, 15) is 4.79 Å². The second-order valence-electron chi connectivity index (χ2n) is 6.98. The van der Waals surface area contributed by atoms with Crippen LogP contribution in [-0.2, 0) is 11.3 Å². The molecule has 4 rings (SSSR count). The van der Waals surface area contributed by atoms with Gasteiger partial charge in [-0.3, -0.25) is 4.79 Å². The van der Waals surface area contributed by atoms with E-state index in [-0.39, 0.29) is 5.91 Å². The van der Waals surface area contributed by atoms with Gasteiger partial charge < -0.3 is 15.0 Å². The van der Waals surface area contributed by atoms with Crippen LogP contribution in [0.25, 0.3) is 5.69 Å². The van der Waals surface area contributed by atoms with Gasteiger partial charge in [0.25, 0.3) is 5.91 Å². The number of carbonyl (C=O) groups is 1. The summed E-state index contributed by atoms with van der Waals surface area (Å²) in [4.78, 5) is 15.0. The van der Waals surface area contributed by atoms with E-state index in [1.165, 1.54) is 5.69 Å². The molecule has 0 atom stereocenters. The molecule has 1 saturated heterocycles. The van der Waals surface area contributed by atoms with Crippen molar-refractivity contribution in [3.63, 3.8) is 0 Å². The quantitative estimate of drug-likeness (QED) is 0.698. The van der Waals surface area contributed by atoms with Crippen LogP contribution in [0.3, 0.4) is 0 Å². The number of ether oxygens (including phenoxy) is 1. The lowest BCUT2D eigenvalue weighted by Gasteiger charge is -2.28. The third-order valence-corrected chi connectivity index (χ3v) is 5.31. The maximum atomic E-state index is 12.7. The Morgan fingerprint density at radius 1 is 1.14 bits per heavy atom. The number of amides is 1. The van der Waals surface area contributed by atoms with E-state index in [2.05, 4.69) is 27.4 Å². The Morgan fingerprint density at radius 3 is 2.62 bits per heavy atom. The second kappa shape index (κ2) is 8.68. The van der Waals surface area contributed by atoms with Gasteiger partial charge in [-0.25, -0.2) is 4.68 Å². The summed E-state index contributed by atoms with van der Waals surface area (Å²) in [7, 11) is 0. The summed E-state index contributed by atoms with van der Waals surface area (Å²) in [6.45, 7) is 5.68. The number of nitrogens with zero attached hydrogens (tertiary/aromatic N) is 3. The van der Waals surface area contributed by atoms with E-state index in [0.29, 0.717) is 17.1 Å². The molecule has 3 aromatic rings. The molecule has 1 N–H and O–H groups in total. The summed E-state index contributed by atoms with van der Waals surface area (Å²) in [5.74, 6) is -0.145. The number of anilines is 1. The Bertz CT molecular complexity index is 994. The maximum Gasteiger partial charge on any atom is 0.255 e. The van der Waals surface area contributed by atoms with Gasteiger partial charge in [0.1, 0.15) is 0 Å². The van der Waals surface area contributed by atoms with Crippen LogP contribution in [0, 0.1) is 6.92 Å². The molecule has 29 heavy (non-hydrogen) atoms. The lowest BCUT2D eigenvalue weighted by atomic mass is 10.1. The van der Waals surface area contributed by atoms with Gasteiger partial charge in [-0.2, -0.15) is 5.10 Å². The van der Waals surface area contributed by atoms with Gasteiger partial charge in [0.05, 0.1) is 36.4 Å². The van der Waals surface area contributed by atoms with Gasteiger partial charge in [0.2, 0.25) is 0 Å². The molecule has 1 amide bonds. The first-order chi connectivity index (χ1) is 14.1. The zero-order chi connectivity index (χ0) is 20.2. The molecule has 0 unspecified atom stereocenters. The van der Waals surface area contributed by atoms with Crippen LogP contribution in [0.15, 0.2) is 54.7 Å². The number of morpholine rings is 1. The van der Waals surface area contributed by atoms with Gasteiger partial charge in [0, 0.05) is 30.3 Å². The number of rotatable bonds is 5. The molecule has 1 aliphatic heterocycles. The van der Waals surface area contributed by atoms with Crippen molar-refractivity contribution in [2.24, 2.45) is 0 Å². The number of nitrogens with one attached hydrogen (secondary N) is 1. The number of benzene rings is 2. The molecule has 7 heteroatoms. The van der Waals surface area contributed by atoms with Crippen LogP contribution in [-0.4, -0.2) is 42.0 Å². The van der Waals surface area contributed by atoms with Crippen molar-refractivity contribution in [3.8, 4) is 5.69 Å². The highest BCUT2D eigenvalue weighted by Crippen LogP contribution is 2.19. The van der Waals surface area contributed by atoms with E-state index >= 15 is 0 Å². The topological polar surface area (TPSA) is 59.4 Å². The summed E-state index contributed by atoms with van der Waals surface area (Å²) in [5, 5.41) is 7.96. The Labute approximate surface area is 175 Å². The van der Waals surface area contributed by atoms with Gasteiger partial charge in [-0.15, -0.1) is 0 Å². The highest BCUT2D eigenvalue weighted by Gasteiger charge is 2.15. The van der Waals surface area contributed by atoms with Crippen molar-refractivity contribution in [1.29, 1.82) is 0 Å². The second-order valence-corrected chi connectivity index (χ2v) is 7.42. The fourth-order valence-electron chi connectivity index (χ4n) is 3.42. The lowest BCUT2D eigenvalue weighted by molar-refractivity contribution is 0.0950. The Morgan fingerprint density at radius 2 is 1.90 bits per heavy atom. The molecule has 6 nitrogen and oxygen atoms in total. The normalized spacial score (nSPS) is 14.1. The van der Waals surface area contributed by atoms with Gasteiger partial charge >= 0.3 is 0 Å². The number of hydrogen-bond acceptors (Lipinski definition) is 4. The molecular weight excluding hydrogens is 388 g/mol. The molecule has 0 radical (unpaired) electrons. The van der Waals surface area contributed by atoms with E-state index in [0.717, 1.165) is 43.2 Å². The summed E-state index contributed by atoms with van der Waals surface area (Å²) >= 11 is 6.07. The minimum absolute atomic E-state index is 0.145. The van der Waals surface area contributed by atoms with Crippen LogP contribution in [0.1, 0.15) is 21.6 Å². The molecule has 1 aliphatic rings. The van der Waals surface area contributed by atoms with Crippen molar-refractivity contribution in [2.75, 3.05) is 31.2 Å². The average Bonchev–Trinajstić information content (AvgIpc) is 3.14. The molecule has 1 fully saturated rings. The SMILES string of the molecule is Cc1c(C(=O)NCc2ccc(N3CCOCC3)cc2)cnn1-c1cccc(Cl)c1. The first-order valence-electron chi connectivity index (χ1n) is 9.62. The van der Waals surface area contributed by atoms with Gasteiger partial charge in [-0.1, -0.05) is 29.8 Å². The van der Waals surface area contributed by atoms with Crippen LogP contribution in [0.5, 0.6) is 0 Å². The van der Waals surface area contributed by atoms with Crippen LogP contribution in [0.4, 0.5) is 5.69 Å². The van der Waals surface area contributed by atoms with Crippen molar-refractivity contribution >= 4 is 23.2 Å². The molecule has 2 heterocycles. The zero-order valence-corrected chi connectivity index (χ0v) is 17.0. The fourth-order valence-corrected chi connectivity index (χ4v) is 3.61. The van der Waals surface area contributed by atoms with Crippen molar-refractivity contribution in [2.45, 2.75) is 13.5 Å². The van der Waals surface area contributed by atoms with E-state index in [1.54, 1.807) is 10.9 Å². The monoisotopic (exact) mass is 410 g/mol. The van der Waals surface area contributed by atoms with Crippen molar-refractivity contribution in [3.05, 3.63) is 76.6 Å². The third-order valence-electron chi connectivity index (χ3n) is 5.07. The first kappa shape index (κ1) is 19.5. The van der Waals surface area contributed by atoms with E-state index < -0.39 is 0 Å². The minimum atomic E-state index is -0.145. The number of halogens is 1. The summed E-state index contributed by atoms with van der Waals surface area (Å²) in [5.41, 5.74) is 4.38. The minimum Gasteiger partial charge on any atom is -0.378 e. The molecule has 150 valence electrons. The number of aromatic nitrogens is 2. The predicted octanol–water partition coefficient (Wildman–Crippen LogP) is 3.60. The summed E-state index contributed by atoms with van der Waals surface area (Å²) < 4.78 is 7.11. The lowest BCUT2D eigenvalue weighted by Crippen LogP contribution is -2.36. The Hall–Kier alpha value is -2.83. The van der Waals surface area contributed by atoms with Crippen LogP contribution >= 0.6 is 11.6 Å². The molecule has 1 aromatic heterocycles. The number of carbonyl (C=O) groups excluding carboxylic acids is 1. The molecule has 0 bridgehead atoms. The first-order valence-corrected chi connectivity index (χ1v) is 10.00. The highest BCUT2D eigenvalue weighted by atomic mass is 35.5. The van der Waals surface area contributed by atoms with E-state index in [4.69, 9.17) is 16.3 Å². The molecule has 0 saturated carbocycles. The van der Waals surface area contributed by atoms with Crippen molar-refractivity contribution < 1.29 is 9.53 Å². The standard InChI is InChI=1S/C22H23ClN4O2/c1-16-21(15-25-27(16)20-4-2-3-18(23)13-20)22(28)24-14-17-5-7-19(8-6-17)26-9-11-29-12-10-26/h2-8,13,15H,9-12,14H2,1H3,(H,24,28). The maximum absolute atomic E-state index is 12.7. The van der Waals surface area contributed by atoms with Crippen LogP contribution < -0.4 is 10.2 Å². The zero-order valence-electron chi connectivity index (χ0n) is 16.3. The fraction of sp³-hybridized carbons (Fsp3) is 0.273. The Balaban J connectivity index is 1.40. The summed E-state index contributed by atoms with van der Waals surface area (Å²) in [6.07, 6.45) is 1.59. The largest absolute Gasteiger partial charge is 0.378 e. The van der Waals surface area contributed by atoms with Gasteiger partial charge in [-0.05, 0) is 42.8 Å². The number of hydrogen-bond donors (Lipinski definition) is 1. The van der Waals surface area contributed by atoms with Crippen LogP contribution in [0.2, 0.25) is 5.02 Å². The third kappa shape index (κ3) is 4.44. The summed E-state index contributed by atoms with van der Waals surface area (Å²) in [6, 6.07) is 15.7. The Kier molecular flexibility index (Phi) is 5.83. The average molecular weight is 411 g/mol. The highest BCUT2D eigenvalue weighted by molar-refractivity contribution is 6.30. The molecular formula is C22H23ClN4O2. The molecule has 0 spiro atoms. The van der Waals surface area contributed by atoms with Crippen molar-refractivity contribution in [1.82, 2.24) is 15.1 Å². The van der Waals surface area contributed by atoms with E-state index in [1.807, 2.05) is 43.3 Å². The molecule has 2 aromatic carbocycles. The van der Waals surface area contributed by atoms with Gasteiger partial charge in [0.15, 0.2) is 0 Å². The predicted molar refractivity (Wildman–Crippen MR) is 114 cm³/mol. The smallest absolute Gasteiger partial charge is 0.255 e.